The molecular formula is C25H37Br2N3O2. The van der Waals surface area contributed by atoms with Crippen LogP contribution in [0.2, 0.25) is 0 Å². The lowest BCUT2D eigenvalue weighted by Crippen LogP contribution is -2.28. The second-order valence-corrected chi connectivity index (χ2v) is 11.7. The maximum Gasteiger partial charge on any atom is 0.306 e. The third kappa shape index (κ3) is 7.04. The summed E-state index contributed by atoms with van der Waals surface area (Å²) in [6.07, 6.45) is 6.92. The van der Waals surface area contributed by atoms with Gasteiger partial charge in [-0.1, -0.05) is 13.3 Å². The van der Waals surface area contributed by atoms with Gasteiger partial charge in [-0.3, -0.25) is 4.79 Å². The largest absolute Gasteiger partial charge is 0.460 e. The van der Waals surface area contributed by atoms with Crippen LogP contribution in [0.1, 0.15) is 84.4 Å². The number of fused-ring (bicyclic) bond motifs is 1. The zero-order valence-corrected chi connectivity index (χ0v) is 23.0. The van der Waals surface area contributed by atoms with Gasteiger partial charge in [0.15, 0.2) is 0 Å². The molecule has 1 aromatic heterocycles. The highest BCUT2D eigenvalue weighted by Gasteiger charge is 2.25. The molecule has 7 heteroatoms. The number of halogens is 2. The van der Waals surface area contributed by atoms with E-state index in [1.807, 2.05) is 20.8 Å². The normalized spacial score (nSPS) is 16.4. The lowest BCUT2D eigenvalue weighted by atomic mass is 9.94. The van der Waals surface area contributed by atoms with Gasteiger partial charge in [-0.05, 0) is 116 Å². The summed E-state index contributed by atoms with van der Waals surface area (Å²) < 4.78 is 10.1. The Balaban J connectivity index is 1.80. The first-order chi connectivity index (χ1) is 15.2. The van der Waals surface area contributed by atoms with Crippen molar-refractivity contribution in [2.45, 2.75) is 90.7 Å². The van der Waals surface area contributed by atoms with Crippen molar-refractivity contribution >= 4 is 48.9 Å². The third-order valence-corrected chi connectivity index (χ3v) is 7.92. The SMILES string of the molecule is CCCC(CCCC(=O)OC(C)(C)C)Cn1c(C2CCNCC2)nc2cc(Br)c(Br)cc21. The summed E-state index contributed by atoms with van der Waals surface area (Å²) in [6.45, 7) is 11.1. The average molecular weight is 571 g/mol. The van der Waals surface area contributed by atoms with Crippen LogP contribution in [0, 0.1) is 5.92 Å². The summed E-state index contributed by atoms with van der Waals surface area (Å²) in [5, 5.41) is 3.48. The molecule has 178 valence electrons. The Morgan fingerprint density at radius 2 is 1.91 bits per heavy atom. The fourth-order valence-corrected chi connectivity index (χ4v) is 5.31. The van der Waals surface area contributed by atoms with E-state index in [1.54, 1.807) is 0 Å². The van der Waals surface area contributed by atoms with Gasteiger partial charge in [-0.2, -0.15) is 0 Å². The topological polar surface area (TPSA) is 56.1 Å². The van der Waals surface area contributed by atoms with Crippen LogP contribution in [0.25, 0.3) is 11.0 Å². The number of carbonyl (C=O) groups is 1. The molecule has 1 fully saturated rings. The van der Waals surface area contributed by atoms with Gasteiger partial charge >= 0.3 is 5.97 Å². The van der Waals surface area contributed by atoms with E-state index in [9.17, 15) is 4.79 Å². The van der Waals surface area contributed by atoms with Crippen LogP contribution in [-0.2, 0) is 16.1 Å². The highest BCUT2D eigenvalue weighted by molar-refractivity contribution is 9.13. The number of nitrogens with zero attached hydrogens (tertiary/aromatic N) is 2. The number of rotatable bonds is 9. The number of benzene rings is 1. The minimum Gasteiger partial charge on any atom is -0.460 e. The van der Waals surface area contributed by atoms with Crippen molar-refractivity contribution in [2.75, 3.05) is 13.1 Å². The van der Waals surface area contributed by atoms with Crippen LogP contribution in [0.15, 0.2) is 21.1 Å². The molecule has 0 saturated carbocycles. The van der Waals surface area contributed by atoms with E-state index in [-0.39, 0.29) is 5.97 Å². The Labute approximate surface area is 209 Å². The van der Waals surface area contributed by atoms with Crippen molar-refractivity contribution in [1.82, 2.24) is 14.9 Å². The first-order valence-corrected chi connectivity index (χ1v) is 13.5. The van der Waals surface area contributed by atoms with Crippen molar-refractivity contribution < 1.29 is 9.53 Å². The number of esters is 1. The summed E-state index contributed by atoms with van der Waals surface area (Å²) >= 11 is 7.33. The molecule has 2 heterocycles. The predicted octanol–water partition coefficient (Wildman–Crippen LogP) is 6.96. The second-order valence-electron chi connectivity index (χ2n) is 9.99. The summed E-state index contributed by atoms with van der Waals surface area (Å²) in [4.78, 5) is 17.3. The number of carbonyl (C=O) groups excluding carboxylic acids is 1. The molecule has 1 aliphatic rings. The zero-order chi connectivity index (χ0) is 23.3. The maximum atomic E-state index is 12.2. The van der Waals surface area contributed by atoms with Crippen molar-refractivity contribution in [3.8, 4) is 0 Å². The molecular weight excluding hydrogens is 534 g/mol. The standard InChI is InChI=1S/C25H37Br2N3O2/c1-5-7-17(8-6-9-23(31)32-25(2,3)4)16-30-22-15-20(27)19(26)14-21(22)29-24(30)18-10-12-28-13-11-18/h14-15,17-18,28H,5-13,16H2,1-4H3. The van der Waals surface area contributed by atoms with Gasteiger partial charge in [0.25, 0.3) is 0 Å². The fourth-order valence-electron chi connectivity index (χ4n) is 4.64. The molecule has 0 aliphatic carbocycles. The third-order valence-electron chi connectivity index (χ3n) is 6.08. The van der Waals surface area contributed by atoms with Crippen LogP contribution in [0.5, 0.6) is 0 Å². The molecule has 1 N–H and O–H groups in total. The van der Waals surface area contributed by atoms with Gasteiger partial charge in [0.1, 0.15) is 11.4 Å². The van der Waals surface area contributed by atoms with E-state index >= 15 is 0 Å². The number of aromatic nitrogens is 2. The Bertz CT molecular complexity index is 914. The van der Waals surface area contributed by atoms with Gasteiger partial charge < -0.3 is 14.6 Å². The van der Waals surface area contributed by atoms with Crippen molar-refractivity contribution in [3.05, 3.63) is 26.9 Å². The van der Waals surface area contributed by atoms with Gasteiger partial charge in [-0.25, -0.2) is 4.98 Å². The smallest absolute Gasteiger partial charge is 0.306 e. The molecule has 0 bridgehead atoms. The fraction of sp³-hybridized carbons (Fsp3) is 0.680. The summed E-state index contributed by atoms with van der Waals surface area (Å²) in [5.74, 6) is 2.14. The van der Waals surface area contributed by atoms with Crippen molar-refractivity contribution in [3.63, 3.8) is 0 Å². The molecule has 1 aromatic carbocycles. The molecule has 0 radical (unpaired) electrons. The Kier molecular flexibility index (Phi) is 9.22. The monoisotopic (exact) mass is 569 g/mol. The van der Waals surface area contributed by atoms with Crippen LogP contribution in [0.3, 0.4) is 0 Å². The summed E-state index contributed by atoms with van der Waals surface area (Å²) in [6, 6.07) is 4.32. The van der Waals surface area contributed by atoms with Gasteiger partial charge in [0, 0.05) is 27.8 Å². The molecule has 0 spiro atoms. The minimum atomic E-state index is -0.416. The van der Waals surface area contributed by atoms with Crippen LogP contribution < -0.4 is 5.32 Å². The molecule has 1 saturated heterocycles. The lowest BCUT2D eigenvalue weighted by Gasteiger charge is -2.25. The zero-order valence-electron chi connectivity index (χ0n) is 19.8. The quantitative estimate of drug-likeness (QED) is 0.331. The first-order valence-electron chi connectivity index (χ1n) is 12.0. The lowest BCUT2D eigenvalue weighted by molar-refractivity contribution is -0.154. The van der Waals surface area contributed by atoms with Gasteiger partial charge in [0.05, 0.1) is 11.0 Å². The Morgan fingerprint density at radius 1 is 1.22 bits per heavy atom. The van der Waals surface area contributed by atoms with Gasteiger partial charge in [-0.15, -0.1) is 0 Å². The molecule has 1 atom stereocenters. The molecule has 3 rings (SSSR count). The van der Waals surface area contributed by atoms with E-state index in [4.69, 9.17) is 9.72 Å². The maximum absolute atomic E-state index is 12.2. The Morgan fingerprint density at radius 3 is 2.56 bits per heavy atom. The second kappa shape index (κ2) is 11.5. The molecule has 2 aromatic rings. The number of imidazole rings is 1. The van der Waals surface area contributed by atoms with Crippen LogP contribution in [-0.4, -0.2) is 34.2 Å². The van der Waals surface area contributed by atoms with Crippen molar-refractivity contribution in [2.24, 2.45) is 5.92 Å². The summed E-state index contributed by atoms with van der Waals surface area (Å²) in [7, 11) is 0. The molecule has 1 aliphatic heterocycles. The highest BCUT2D eigenvalue weighted by atomic mass is 79.9. The van der Waals surface area contributed by atoms with Crippen LogP contribution in [0.4, 0.5) is 0 Å². The number of hydrogen-bond acceptors (Lipinski definition) is 4. The van der Waals surface area contributed by atoms with E-state index in [1.165, 1.54) is 11.3 Å². The average Bonchev–Trinajstić information content (AvgIpc) is 3.05. The number of hydrogen-bond donors (Lipinski definition) is 1. The predicted molar refractivity (Wildman–Crippen MR) is 138 cm³/mol. The first kappa shape index (κ1) is 25.7. The number of piperidine rings is 1. The molecule has 0 amide bonds. The van der Waals surface area contributed by atoms with E-state index in [0.717, 1.165) is 72.6 Å². The van der Waals surface area contributed by atoms with Crippen molar-refractivity contribution in [1.29, 1.82) is 0 Å². The van der Waals surface area contributed by atoms with E-state index in [2.05, 4.69) is 60.8 Å². The van der Waals surface area contributed by atoms with E-state index < -0.39 is 5.60 Å². The minimum absolute atomic E-state index is 0.0926. The summed E-state index contributed by atoms with van der Waals surface area (Å²) in [5.41, 5.74) is 1.83. The van der Waals surface area contributed by atoms with E-state index in [0.29, 0.717) is 18.3 Å². The highest BCUT2D eigenvalue weighted by Crippen LogP contribution is 2.34. The number of nitrogens with one attached hydrogen (secondary N) is 1. The van der Waals surface area contributed by atoms with Crippen LogP contribution >= 0.6 is 31.9 Å². The molecule has 32 heavy (non-hydrogen) atoms. The number of ether oxygens (including phenoxy) is 1. The Hall–Kier alpha value is -0.920. The van der Waals surface area contributed by atoms with Gasteiger partial charge in [0.2, 0.25) is 0 Å². The molecule has 5 nitrogen and oxygen atoms in total. The molecule has 1 unspecified atom stereocenters.